The van der Waals surface area contributed by atoms with Crippen molar-refractivity contribution in [2.45, 2.75) is 6.92 Å². The number of carbonyl (C=O) groups excluding carboxylic acids is 1. The quantitative estimate of drug-likeness (QED) is 0.832. The van der Waals surface area contributed by atoms with Gasteiger partial charge in [0.05, 0.1) is 5.69 Å². The van der Waals surface area contributed by atoms with Crippen LogP contribution in [0.4, 0.5) is 17.2 Å². The molecule has 2 rings (SSSR count). The fraction of sp³-hybridized carbons (Fsp3) is 0.0833. The summed E-state index contributed by atoms with van der Waals surface area (Å²) in [5, 5.41) is 13.3. The second-order valence-corrected chi connectivity index (χ2v) is 4.07. The average Bonchev–Trinajstić information content (AvgIpc) is 2.36. The number of aromatic nitrogens is 2. The van der Waals surface area contributed by atoms with Crippen LogP contribution in [-0.4, -0.2) is 16.6 Å². The van der Waals surface area contributed by atoms with Gasteiger partial charge in [0.2, 0.25) is 6.41 Å². The van der Waals surface area contributed by atoms with Crippen LogP contribution >= 0.6 is 11.6 Å². The summed E-state index contributed by atoms with van der Waals surface area (Å²) in [4.78, 5) is 10.5. The molecule has 18 heavy (non-hydrogen) atoms. The summed E-state index contributed by atoms with van der Waals surface area (Å²) in [7, 11) is 0. The van der Waals surface area contributed by atoms with E-state index >= 15 is 0 Å². The van der Waals surface area contributed by atoms with Crippen LogP contribution in [0.1, 0.15) is 5.56 Å². The molecule has 0 aliphatic rings. The van der Waals surface area contributed by atoms with E-state index in [1.54, 1.807) is 6.07 Å². The molecule has 0 aliphatic carbocycles. The van der Waals surface area contributed by atoms with Gasteiger partial charge in [-0.05, 0) is 19.1 Å². The molecule has 0 atom stereocenters. The van der Waals surface area contributed by atoms with E-state index < -0.39 is 0 Å². The summed E-state index contributed by atoms with van der Waals surface area (Å²) in [5.41, 5.74) is 2.63. The summed E-state index contributed by atoms with van der Waals surface area (Å²) in [6, 6.07) is 9.40. The number of rotatable bonds is 4. The van der Waals surface area contributed by atoms with Crippen LogP contribution in [0.5, 0.6) is 0 Å². The van der Waals surface area contributed by atoms with E-state index in [9.17, 15) is 4.79 Å². The predicted octanol–water partition coefficient (Wildman–Crippen LogP) is 2.75. The number of nitrogens with zero attached hydrogens (tertiary/aromatic N) is 2. The van der Waals surface area contributed by atoms with E-state index in [0.29, 0.717) is 17.9 Å². The molecule has 2 aromatic rings. The molecule has 5 nitrogen and oxygen atoms in total. The summed E-state index contributed by atoms with van der Waals surface area (Å²) < 4.78 is 0. The number of halogens is 1. The van der Waals surface area contributed by atoms with Crippen LogP contribution in [-0.2, 0) is 4.79 Å². The number of carbonyl (C=O) groups is 1. The number of hydrogen-bond donors (Lipinski definition) is 2. The van der Waals surface area contributed by atoms with Gasteiger partial charge >= 0.3 is 0 Å². The third kappa shape index (κ3) is 2.95. The number of nitrogens with one attached hydrogen (secondary N) is 2. The zero-order valence-corrected chi connectivity index (χ0v) is 10.4. The molecule has 2 N–H and O–H groups in total. The molecule has 0 saturated carbocycles. The Bertz CT molecular complexity index is 557. The van der Waals surface area contributed by atoms with Crippen molar-refractivity contribution < 1.29 is 4.79 Å². The van der Waals surface area contributed by atoms with Crippen molar-refractivity contribution in [2.24, 2.45) is 0 Å². The Morgan fingerprint density at radius 2 is 1.94 bits per heavy atom. The Labute approximate surface area is 109 Å². The van der Waals surface area contributed by atoms with Gasteiger partial charge in [-0.2, -0.15) is 0 Å². The maximum Gasteiger partial charge on any atom is 0.212 e. The number of hydrogen-bond acceptors (Lipinski definition) is 4. The molecule has 1 aromatic carbocycles. The lowest BCUT2D eigenvalue weighted by Crippen LogP contribution is -2.03. The second kappa shape index (κ2) is 5.46. The highest BCUT2D eigenvalue weighted by molar-refractivity contribution is 6.29. The first-order valence-corrected chi connectivity index (χ1v) is 5.64. The van der Waals surface area contributed by atoms with E-state index in [1.807, 2.05) is 31.2 Å². The minimum absolute atomic E-state index is 0.251. The fourth-order valence-corrected chi connectivity index (χ4v) is 1.56. The van der Waals surface area contributed by atoms with Crippen LogP contribution in [0.15, 0.2) is 30.3 Å². The van der Waals surface area contributed by atoms with Gasteiger partial charge in [-0.3, -0.25) is 4.79 Å². The van der Waals surface area contributed by atoms with Crippen molar-refractivity contribution in [1.82, 2.24) is 10.2 Å². The first kappa shape index (κ1) is 12.3. The minimum atomic E-state index is 0.251. The standard InChI is InChI=1S/C12H11ClN4O/c1-8-2-4-9(5-3-8)15-10-6-11(13)16-17-12(10)14-7-18/h2-7H,1H3,(H,15,16)(H,14,17,18). The van der Waals surface area contributed by atoms with Crippen LogP contribution in [0.2, 0.25) is 5.15 Å². The molecule has 1 heterocycles. The third-order valence-electron chi connectivity index (χ3n) is 2.29. The van der Waals surface area contributed by atoms with Crippen molar-refractivity contribution in [3.8, 4) is 0 Å². The zero-order valence-electron chi connectivity index (χ0n) is 9.64. The number of anilines is 3. The van der Waals surface area contributed by atoms with Crippen LogP contribution < -0.4 is 10.6 Å². The summed E-state index contributed by atoms with van der Waals surface area (Å²) >= 11 is 5.78. The van der Waals surface area contributed by atoms with E-state index in [4.69, 9.17) is 11.6 Å². The SMILES string of the molecule is Cc1ccc(Nc2cc(Cl)nnc2NC=O)cc1. The largest absolute Gasteiger partial charge is 0.352 e. The smallest absolute Gasteiger partial charge is 0.212 e. The lowest BCUT2D eigenvalue weighted by molar-refractivity contribution is -0.105. The third-order valence-corrected chi connectivity index (χ3v) is 2.48. The molecule has 1 aromatic heterocycles. The molecule has 0 fully saturated rings. The highest BCUT2D eigenvalue weighted by Gasteiger charge is 2.06. The Hall–Kier alpha value is -2.14. The minimum Gasteiger partial charge on any atom is -0.352 e. The zero-order chi connectivity index (χ0) is 13.0. The highest BCUT2D eigenvalue weighted by Crippen LogP contribution is 2.24. The Morgan fingerprint density at radius 3 is 2.61 bits per heavy atom. The van der Waals surface area contributed by atoms with Gasteiger partial charge in [-0.1, -0.05) is 29.3 Å². The van der Waals surface area contributed by atoms with Crippen LogP contribution in [0.25, 0.3) is 0 Å². The van der Waals surface area contributed by atoms with Gasteiger partial charge in [-0.15, -0.1) is 10.2 Å². The average molecular weight is 263 g/mol. The van der Waals surface area contributed by atoms with Gasteiger partial charge in [0.1, 0.15) is 0 Å². The molecule has 0 bridgehead atoms. The van der Waals surface area contributed by atoms with Gasteiger partial charge in [0.15, 0.2) is 11.0 Å². The molecular weight excluding hydrogens is 252 g/mol. The number of amides is 1. The van der Waals surface area contributed by atoms with Crippen LogP contribution in [0, 0.1) is 6.92 Å². The highest BCUT2D eigenvalue weighted by atomic mass is 35.5. The molecule has 0 unspecified atom stereocenters. The van der Waals surface area contributed by atoms with Crippen LogP contribution in [0.3, 0.4) is 0 Å². The number of aryl methyl sites for hydroxylation is 1. The Balaban J connectivity index is 2.29. The summed E-state index contributed by atoms with van der Waals surface area (Å²) in [6.45, 7) is 2.01. The first-order chi connectivity index (χ1) is 8.69. The number of benzene rings is 1. The fourth-order valence-electron chi connectivity index (χ4n) is 1.42. The van der Waals surface area contributed by atoms with Gasteiger partial charge < -0.3 is 10.6 Å². The van der Waals surface area contributed by atoms with E-state index in [2.05, 4.69) is 20.8 Å². The van der Waals surface area contributed by atoms with Crippen molar-refractivity contribution >= 4 is 35.2 Å². The van der Waals surface area contributed by atoms with E-state index in [1.165, 1.54) is 0 Å². The Kier molecular flexibility index (Phi) is 3.74. The van der Waals surface area contributed by atoms with E-state index in [-0.39, 0.29) is 5.15 Å². The van der Waals surface area contributed by atoms with Gasteiger partial charge in [0.25, 0.3) is 0 Å². The monoisotopic (exact) mass is 262 g/mol. The predicted molar refractivity (Wildman–Crippen MR) is 71.2 cm³/mol. The lowest BCUT2D eigenvalue weighted by atomic mass is 10.2. The second-order valence-electron chi connectivity index (χ2n) is 3.68. The molecule has 0 saturated heterocycles. The van der Waals surface area contributed by atoms with Crippen molar-refractivity contribution in [2.75, 3.05) is 10.6 Å². The van der Waals surface area contributed by atoms with Gasteiger partial charge in [0, 0.05) is 11.8 Å². The molecule has 92 valence electrons. The topological polar surface area (TPSA) is 66.9 Å². The summed E-state index contributed by atoms with van der Waals surface area (Å²) in [6.07, 6.45) is 0.540. The molecule has 0 radical (unpaired) electrons. The van der Waals surface area contributed by atoms with Crippen molar-refractivity contribution in [3.63, 3.8) is 0 Å². The lowest BCUT2D eigenvalue weighted by Gasteiger charge is -2.10. The molecule has 0 spiro atoms. The first-order valence-electron chi connectivity index (χ1n) is 5.26. The van der Waals surface area contributed by atoms with Gasteiger partial charge in [-0.25, -0.2) is 0 Å². The maximum absolute atomic E-state index is 10.5. The van der Waals surface area contributed by atoms with E-state index in [0.717, 1.165) is 11.3 Å². The molecular formula is C12H11ClN4O. The molecule has 6 heteroatoms. The summed E-state index contributed by atoms with van der Waals surface area (Å²) in [5.74, 6) is 0.329. The Morgan fingerprint density at radius 1 is 1.22 bits per heavy atom. The molecule has 1 amide bonds. The maximum atomic E-state index is 10.5. The molecule has 0 aliphatic heterocycles. The van der Waals surface area contributed by atoms with Crippen molar-refractivity contribution in [3.05, 3.63) is 41.0 Å². The normalized spacial score (nSPS) is 9.89. The van der Waals surface area contributed by atoms with Crippen molar-refractivity contribution in [1.29, 1.82) is 0 Å².